The van der Waals surface area contributed by atoms with Gasteiger partial charge in [-0.05, 0) is 56.3 Å². The second-order valence-electron chi connectivity index (χ2n) is 9.54. The monoisotopic (exact) mass is 505 g/mol. The van der Waals surface area contributed by atoms with Crippen LogP contribution in [-0.2, 0) is 16.1 Å². The summed E-state index contributed by atoms with van der Waals surface area (Å²) in [4.78, 5) is 26.5. The average Bonchev–Trinajstić information content (AvgIpc) is 3.67. The number of nitrogens with one attached hydrogen (secondary N) is 1. The predicted molar refractivity (Wildman–Crippen MR) is 134 cm³/mol. The van der Waals surface area contributed by atoms with Crippen molar-refractivity contribution in [3.8, 4) is 11.1 Å². The molecule has 37 heavy (non-hydrogen) atoms. The second kappa shape index (κ2) is 10.3. The van der Waals surface area contributed by atoms with Crippen LogP contribution in [0.4, 0.5) is 14.9 Å². The van der Waals surface area contributed by atoms with Crippen LogP contribution in [0, 0.1) is 5.82 Å². The first-order valence-electron chi connectivity index (χ1n) is 12.6. The third-order valence-corrected chi connectivity index (χ3v) is 6.91. The van der Waals surface area contributed by atoms with Gasteiger partial charge in [-0.25, -0.2) is 13.9 Å². The molecule has 1 N–H and O–H groups in total. The zero-order valence-electron chi connectivity index (χ0n) is 20.3. The lowest BCUT2D eigenvalue weighted by Gasteiger charge is -2.27. The van der Waals surface area contributed by atoms with Gasteiger partial charge >= 0.3 is 6.09 Å². The Morgan fingerprint density at radius 2 is 2.00 bits per heavy atom. The second-order valence-corrected chi connectivity index (χ2v) is 9.54. The third-order valence-electron chi connectivity index (χ3n) is 6.91. The Kier molecular flexibility index (Phi) is 6.54. The lowest BCUT2D eigenvalue weighted by atomic mass is 10.1. The number of nitrogens with zero attached hydrogens (tertiary/aromatic N) is 6. The SMILES string of the molecule is O=C1O[C@@H](Cn2ccnn2)CN1c1ccc(-c2ccc(C3=C[C@@H](CN4CCCCC4)ON3)nc2)c(F)c1. The van der Waals surface area contributed by atoms with Crippen molar-refractivity contribution in [2.45, 2.75) is 38.0 Å². The summed E-state index contributed by atoms with van der Waals surface area (Å²) in [6, 6.07) is 8.40. The first kappa shape index (κ1) is 23.6. The molecule has 0 saturated carbocycles. The Morgan fingerprint density at radius 3 is 2.76 bits per heavy atom. The summed E-state index contributed by atoms with van der Waals surface area (Å²) >= 11 is 0. The van der Waals surface area contributed by atoms with E-state index < -0.39 is 18.0 Å². The Morgan fingerprint density at radius 1 is 1.11 bits per heavy atom. The molecular formula is C26H28FN7O3. The zero-order valence-corrected chi connectivity index (χ0v) is 20.3. The van der Waals surface area contributed by atoms with Crippen molar-refractivity contribution < 1.29 is 18.8 Å². The van der Waals surface area contributed by atoms with Gasteiger partial charge < -0.3 is 9.64 Å². The minimum Gasteiger partial charge on any atom is -0.442 e. The maximum absolute atomic E-state index is 15.1. The van der Waals surface area contributed by atoms with Gasteiger partial charge in [-0.3, -0.25) is 20.2 Å². The fourth-order valence-electron chi connectivity index (χ4n) is 5.00. The summed E-state index contributed by atoms with van der Waals surface area (Å²) < 4.78 is 22.1. The van der Waals surface area contributed by atoms with Gasteiger partial charge in [0.2, 0.25) is 0 Å². The summed E-state index contributed by atoms with van der Waals surface area (Å²) in [7, 11) is 0. The number of piperidine rings is 1. The van der Waals surface area contributed by atoms with Gasteiger partial charge in [0, 0.05) is 30.1 Å². The Hall–Kier alpha value is -3.83. The van der Waals surface area contributed by atoms with E-state index in [2.05, 4.69) is 31.8 Å². The fourth-order valence-corrected chi connectivity index (χ4v) is 5.00. The molecule has 0 unspecified atom stereocenters. The summed E-state index contributed by atoms with van der Waals surface area (Å²) in [6.45, 7) is 3.77. The van der Waals surface area contributed by atoms with Crippen LogP contribution in [0.2, 0.25) is 0 Å². The fraction of sp³-hybridized carbons (Fsp3) is 0.385. The number of carbonyl (C=O) groups is 1. The van der Waals surface area contributed by atoms with E-state index in [1.54, 1.807) is 35.4 Å². The molecule has 2 atom stereocenters. The number of likely N-dealkylation sites (tertiary alicyclic amines) is 1. The molecule has 1 aromatic carbocycles. The number of amides is 1. The number of halogens is 1. The number of carbonyl (C=O) groups excluding carboxylic acids is 1. The minimum atomic E-state index is -0.513. The van der Waals surface area contributed by atoms with Crippen LogP contribution < -0.4 is 10.4 Å². The maximum atomic E-state index is 15.1. The standard InChI is InChI=1S/C26H28FN7O3/c27-23-12-19(34-17-21(36-26(34)35)16-33-11-8-29-31-33)5-6-22(23)18-4-7-24(28-14-18)25-13-20(37-30-25)15-32-9-2-1-3-10-32/h4-8,11-14,20-21,30H,1-3,9-10,15-17H2/t20-,21-/m0/s1. The van der Waals surface area contributed by atoms with E-state index in [9.17, 15) is 4.79 Å². The van der Waals surface area contributed by atoms with Crippen LogP contribution in [-0.4, -0.2) is 69.4 Å². The molecule has 0 radical (unpaired) electrons. The van der Waals surface area contributed by atoms with Crippen molar-refractivity contribution in [2.24, 2.45) is 0 Å². The van der Waals surface area contributed by atoms with Crippen molar-refractivity contribution in [3.05, 3.63) is 66.5 Å². The molecule has 1 amide bonds. The van der Waals surface area contributed by atoms with Gasteiger partial charge in [0.15, 0.2) is 0 Å². The summed E-state index contributed by atoms with van der Waals surface area (Å²) in [5.41, 5.74) is 6.02. The van der Waals surface area contributed by atoms with E-state index in [0.29, 0.717) is 29.9 Å². The topological polar surface area (TPSA) is 97.6 Å². The van der Waals surface area contributed by atoms with Crippen molar-refractivity contribution in [2.75, 3.05) is 31.1 Å². The molecule has 5 heterocycles. The van der Waals surface area contributed by atoms with Crippen molar-refractivity contribution in [1.82, 2.24) is 30.4 Å². The summed E-state index contributed by atoms with van der Waals surface area (Å²) in [6.07, 6.45) is 9.82. The molecular weight excluding hydrogens is 477 g/mol. The number of ether oxygens (including phenoxy) is 1. The normalized spacial score (nSPS) is 22.1. The molecule has 2 saturated heterocycles. The number of anilines is 1. The highest BCUT2D eigenvalue weighted by atomic mass is 19.1. The highest BCUT2D eigenvalue weighted by molar-refractivity contribution is 5.90. The first-order chi connectivity index (χ1) is 18.1. The molecule has 0 spiro atoms. The molecule has 10 nitrogen and oxygen atoms in total. The smallest absolute Gasteiger partial charge is 0.414 e. The quantitative estimate of drug-likeness (QED) is 0.523. The number of hydrogen-bond donors (Lipinski definition) is 1. The number of cyclic esters (lactones) is 1. The van der Waals surface area contributed by atoms with Gasteiger partial charge in [-0.2, -0.15) is 0 Å². The molecule has 3 aliphatic heterocycles. The van der Waals surface area contributed by atoms with E-state index >= 15 is 4.39 Å². The van der Waals surface area contributed by atoms with Gasteiger partial charge in [0.25, 0.3) is 0 Å². The summed E-state index contributed by atoms with van der Waals surface area (Å²) in [5.74, 6) is -0.442. The van der Waals surface area contributed by atoms with Gasteiger partial charge in [0.05, 0.1) is 36.4 Å². The highest BCUT2D eigenvalue weighted by Crippen LogP contribution is 2.30. The van der Waals surface area contributed by atoms with Crippen LogP contribution in [0.25, 0.3) is 16.8 Å². The number of pyridine rings is 1. The highest BCUT2D eigenvalue weighted by Gasteiger charge is 2.33. The van der Waals surface area contributed by atoms with Gasteiger partial charge in [-0.15, -0.1) is 5.10 Å². The van der Waals surface area contributed by atoms with Crippen molar-refractivity contribution in [3.63, 3.8) is 0 Å². The molecule has 3 aliphatic rings. The van der Waals surface area contributed by atoms with Gasteiger partial charge in [0.1, 0.15) is 18.0 Å². The number of rotatable bonds is 7. The minimum absolute atomic E-state index is 0.0207. The van der Waals surface area contributed by atoms with Crippen molar-refractivity contribution >= 4 is 17.5 Å². The van der Waals surface area contributed by atoms with E-state index in [4.69, 9.17) is 9.57 Å². The van der Waals surface area contributed by atoms with E-state index in [1.165, 1.54) is 30.2 Å². The largest absolute Gasteiger partial charge is 0.442 e. The molecule has 2 aromatic heterocycles. The number of hydrogen-bond acceptors (Lipinski definition) is 8. The van der Waals surface area contributed by atoms with Crippen LogP contribution >= 0.6 is 0 Å². The van der Waals surface area contributed by atoms with E-state index in [-0.39, 0.29) is 6.10 Å². The van der Waals surface area contributed by atoms with E-state index in [1.807, 2.05) is 12.1 Å². The Labute approximate surface area is 213 Å². The lowest BCUT2D eigenvalue weighted by molar-refractivity contribution is 0.0247. The predicted octanol–water partition coefficient (Wildman–Crippen LogP) is 3.23. The first-order valence-corrected chi connectivity index (χ1v) is 12.6. The van der Waals surface area contributed by atoms with Gasteiger partial charge in [-0.1, -0.05) is 17.7 Å². The molecule has 3 aromatic rings. The molecule has 6 rings (SSSR count). The number of hydroxylamine groups is 1. The summed E-state index contributed by atoms with van der Waals surface area (Å²) in [5, 5.41) is 7.65. The van der Waals surface area contributed by atoms with Crippen LogP contribution in [0.15, 0.2) is 55.0 Å². The average molecular weight is 506 g/mol. The van der Waals surface area contributed by atoms with Crippen LogP contribution in [0.3, 0.4) is 0 Å². The lowest BCUT2D eigenvalue weighted by Crippen LogP contribution is -2.36. The number of aromatic nitrogens is 4. The van der Waals surface area contributed by atoms with Crippen molar-refractivity contribution in [1.29, 1.82) is 0 Å². The molecule has 0 bridgehead atoms. The van der Waals surface area contributed by atoms with Crippen LogP contribution in [0.5, 0.6) is 0 Å². The van der Waals surface area contributed by atoms with E-state index in [0.717, 1.165) is 31.0 Å². The molecule has 2 fully saturated rings. The molecule has 192 valence electrons. The Balaban J connectivity index is 1.11. The Bertz CT molecular complexity index is 1280. The molecule has 11 heteroatoms. The zero-order chi connectivity index (χ0) is 25.2. The third kappa shape index (κ3) is 5.18. The number of benzene rings is 1. The maximum Gasteiger partial charge on any atom is 0.414 e. The molecule has 0 aliphatic carbocycles. The van der Waals surface area contributed by atoms with Crippen LogP contribution in [0.1, 0.15) is 25.0 Å².